The van der Waals surface area contributed by atoms with Crippen LogP contribution in [-0.4, -0.2) is 19.9 Å². The van der Waals surface area contributed by atoms with Crippen LogP contribution in [0.5, 0.6) is 0 Å². The molecule has 0 aliphatic rings. The summed E-state index contributed by atoms with van der Waals surface area (Å²) in [4.78, 5) is 28.3. The number of aromatic amines is 1. The summed E-state index contributed by atoms with van der Waals surface area (Å²) in [5.41, 5.74) is 3.78. The number of aromatic nitrogens is 4. The lowest BCUT2D eigenvalue weighted by Crippen LogP contribution is -2.12. The molecule has 7 heteroatoms. The zero-order valence-electron chi connectivity index (χ0n) is 15.5. The number of aryl methyl sites for hydroxylation is 2. The van der Waals surface area contributed by atoms with Crippen molar-refractivity contribution in [3.63, 3.8) is 0 Å². The number of fused-ring (bicyclic) bond motifs is 1. The summed E-state index contributed by atoms with van der Waals surface area (Å²) in [7, 11) is 0. The van der Waals surface area contributed by atoms with Crippen LogP contribution in [0.15, 0.2) is 53.3 Å². The van der Waals surface area contributed by atoms with Crippen LogP contribution in [0.3, 0.4) is 0 Å². The maximum Gasteiger partial charge on any atom is 0.252 e. The first-order chi connectivity index (χ1) is 13.5. The minimum Gasteiger partial charge on any atom is -0.294 e. The lowest BCUT2D eigenvalue weighted by atomic mass is 10.1. The summed E-state index contributed by atoms with van der Waals surface area (Å²) in [6.07, 6.45) is 0.954. The normalized spacial score (nSPS) is 11.0. The number of rotatable bonds is 4. The molecular formula is C21H18ClN5O. The molecule has 0 aliphatic carbocycles. The van der Waals surface area contributed by atoms with Crippen molar-refractivity contribution in [1.29, 1.82) is 0 Å². The second kappa shape index (κ2) is 7.40. The molecule has 28 heavy (non-hydrogen) atoms. The molecule has 2 aromatic carbocycles. The Balaban J connectivity index is 1.73. The van der Waals surface area contributed by atoms with Crippen molar-refractivity contribution >= 4 is 34.4 Å². The van der Waals surface area contributed by atoms with Gasteiger partial charge in [-0.05, 0) is 37.1 Å². The summed E-state index contributed by atoms with van der Waals surface area (Å²) >= 11 is 6.24. The van der Waals surface area contributed by atoms with Gasteiger partial charge in [0, 0.05) is 22.0 Å². The van der Waals surface area contributed by atoms with Crippen molar-refractivity contribution in [2.24, 2.45) is 0 Å². The van der Waals surface area contributed by atoms with E-state index in [2.05, 4.69) is 44.3 Å². The standard InChI is InChI=1S/C21H18ClN5O/c1-3-13-8-9-17-15(10-13)12(2)23-20(24-17)27-21-25-18(11-19(28)26-21)14-6-4-5-7-16(14)22/h4-11H,3H2,1-2H3,(H2,23,24,25,26,27,28). The van der Waals surface area contributed by atoms with E-state index in [-0.39, 0.29) is 11.5 Å². The van der Waals surface area contributed by atoms with Crippen LogP contribution in [0, 0.1) is 6.92 Å². The molecule has 0 saturated carbocycles. The van der Waals surface area contributed by atoms with Gasteiger partial charge in [0.25, 0.3) is 5.56 Å². The quantitative estimate of drug-likeness (QED) is 0.529. The molecule has 0 fully saturated rings. The lowest BCUT2D eigenvalue weighted by Gasteiger charge is -2.09. The molecule has 4 aromatic rings. The van der Waals surface area contributed by atoms with Gasteiger partial charge in [-0.25, -0.2) is 15.0 Å². The van der Waals surface area contributed by atoms with Gasteiger partial charge in [0.15, 0.2) is 0 Å². The lowest BCUT2D eigenvalue weighted by molar-refractivity contribution is 1.08. The molecule has 140 valence electrons. The van der Waals surface area contributed by atoms with E-state index < -0.39 is 0 Å². The number of hydrogen-bond donors (Lipinski definition) is 2. The van der Waals surface area contributed by atoms with Gasteiger partial charge in [-0.2, -0.15) is 0 Å². The van der Waals surface area contributed by atoms with Crippen molar-refractivity contribution < 1.29 is 0 Å². The Morgan fingerprint density at radius 1 is 1.07 bits per heavy atom. The summed E-state index contributed by atoms with van der Waals surface area (Å²) < 4.78 is 0. The number of nitrogens with zero attached hydrogens (tertiary/aromatic N) is 3. The zero-order chi connectivity index (χ0) is 19.7. The fourth-order valence-corrected chi connectivity index (χ4v) is 3.27. The molecule has 2 N–H and O–H groups in total. The average Bonchev–Trinajstić information content (AvgIpc) is 2.67. The maximum atomic E-state index is 12.1. The summed E-state index contributed by atoms with van der Waals surface area (Å²) in [6, 6.07) is 14.8. The van der Waals surface area contributed by atoms with Crippen LogP contribution in [0.4, 0.5) is 11.9 Å². The van der Waals surface area contributed by atoms with Gasteiger partial charge >= 0.3 is 0 Å². The zero-order valence-corrected chi connectivity index (χ0v) is 16.2. The Morgan fingerprint density at radius 2 is 1.89 bits per heavy atom. The topological polar surface area (TPSA) is 83.6 Å². The van der Waals surface area contributed by atoms with E-state index in [4.69, 9.17) is 11.6 Å². The molecular weight excluding hydrogens is 374 g/mol. The predicted octanol–water partition coefficient (Wildman–Crippen LogP) is 4.65. The second-order valence-corrected chi connectivity index (χ2v) is 6.83. The van der Waals surface area contributed by atoms with Gasteiger partial charge in [-0.3, -0.25) is 15.1 Å². The molecule has 0 radical (unpaired) electrons. The van der Waals surface area contributed by atoms with Crippen molar-refractivity contribution in [3.05, 3.63) is 75.2 Å². The molecule has 6 nitrogen and oxygen atoms in total. The van der Waals surface area contributed by atoms with Crippen LogP contribution in [0.2, 0.25) is 5.02 Å². The van der Waals surface area contributed by atoms with Crippen LogP contribution < -0.4 is 10.9 Å². The molecule has 0 aliphatic heterocycles. The van der Waals surface area contributed by atoms with Crippen LogP contribution in [0.25, 0.3) is 22.2 Å². The third kappa shape index (κ3) is 3.59. The Hall–Kier alpha value is -3.25. The smallest absolute Gasteiger partial charge is 0.252 e. The molecule has 2 aromatic heterocycles. The second-order valence-electron chi connectivity index (χ2n) is 6.42. The van der Waals surface area contributed by atoms with E-state index in [9.17, 15) is 4.79 Å². The van der Waals surface area contributed by atoms with E-state index in [1.807, 2.05) is 31.2 Å². The van der Waals surface area contributed by atoms with Crippen molar-refractivity contribution in [1.82, 2.24) is 19.9 Å². The fourth-order valence-electron chi connectivity index (χ4n) is 3.03. The first kappa shape index (κ1) is 18.1. The SMILES string of the molecule is CCc1ccc2nc(Nc3nc(-c4ccccc4Cl)cc(=O)[nH]3)nc(C)c2c1. The largest absolute Gasteiger partial charge is 0.294 e. The predicted molar refractivity (Wildman–Crippen MR) is 112 cm³/mol. The minimum atomic E-state index is -0.294. The highest BCUT2D eigenvalue weighted by Gasteiger charge is 2.10. The van der Waals surface area contributed by atoms with E-state index in [1.54, 1.807) is 6.07 Å². The molecule has 0 atom stereocenters. The summed E-state index contributed by atoms with van der Waals surface area (Å²) in [5.74, 6) is 0.625. The molecule has 0 saturated heterocycles. The Labute approximate surface area is 166 Å². The van der Waals surface area contributed by atoms with Gasteiger partial charge < -0.3 is 0 Å². The number of benzene rings is 2. The molecule has 0 unspecified atom stereocenters. The van der Waals surface area contributed by atoms with E-state index in [0.717, 1.165) is 23.0 Å². The fraction of sp³-hybridized carbons (Fsp3) is 0.143. The Bertz CT molecular complexity index is 1240. The molecule has 0 bridgehead atoms. The molecule has 4 rings (SSSR count). The van der Waals surface area contributed by atoms with Gasteiger partial charge in [0.1, 0.15) is 0 Å². The summed E-state index contributed by atoms with van der Waals surface area (Å²) in [6.45, 7) is 4.05. The highest BCUT2D eigenvalue weighted by Crippen LogP contribution is 2.26. The Kier molecular flexibility index (Phi) is 4.79. The summed E-state index contributed by atoms with van der Waals surface area (Å²) in [5, 5.41) is 4.54. The maximum absolute atomic E-state index is 12.1. The van der Waals surface area contributed by atoms with Crippen LogP contribution in [-0.2, 0) is 6.42 Å². The van der Waals surface area contributed by atoms with Crippen LogP contribution in [0.1, 0.15) is 18.2 Å². The van der Waals surface area contributed by atoms with Crippen molar-refractivity contribution in [2.75, 3.05) is 5.32 Å². The van der Waals surface area contributed by atoms with Crippen molar-refractivity contribution in [2.45, 2.75) is 20.3 Å². The first-order valence-corrected chi connectivity index (χ1v) is 9.32. The van der Waals surface area contributed by atoms with E-state index >= 15 is 0 Å². The van der Waals surface area contributed by atoms with E-state index in [0.29, 0.717) is 22.2 Å². The average molecular weight is 392 g/mol. The highest BCUT2D eigenvalue weighted by atomic mass is 35.5. The van der Waals surface area contributed by atoms with Gasteiger partial charge in [-0.1, -0.05) is 42.8 Å². The Morgan fingerprint density at radius 3 is 2.68 bits per heavy atom. The number of nitrogens with one attached hydrogen (secondary N) is 2. The number of H-pyrrole nitrogens is 1. The third-order valence-electron chi connectivity index (χ3n) is 4.48. The molecule has 0 amide bonds. The molecule has 0 spiro atoms. The number of halogens is 1. The molecule has 2 heterocycles. The van der Waals surface area contributed by atoms with Gasteiger partial charge in [0.05, 0.1) is 16.9 Å². The van der Waals surface area contributed by atoms with Gasteiger partial charge in [-0.15, -0.1) is 0 Å². The third-order valence-corrected chi connectivity index (χ3v) is 4.81. The minimum absolute atomic E-state index is 0.256. The first-order valence-electron chi connectivity index (χ1n) is 8.94. The highest BCUT2D eigenvalue weighted by molar-refractivity contribution is 6.33. The van der Waals surface area contributed by atoms with Crippen LogP contribution >= 0.6 is 11.6 Å². The van der Waals surface area contributed by atoms with E-state index in [1.165, 1.54) is 11.6 Å². The van der Waals surface area contributed by atoms with Crippen molar-refractivity contribution in [3.8, 4) is 11.3 Å². The number of anilines is 2. The monoisotopic (exact) mass is 391 g/mol. The number of hydrogen-bond acceptors (Lipinski definition) is 5. The van der Waals surface area contributed by atoms with Gasteiger partial charge in [0.2, 0.25) is 11.9 Å².